The molecule has 0 aromatic carbocycles. The Morgan fingerprint density at radius 3 is 3.05 bits per heavy atom. The Balaban J connectivity index is 1.96. The third-order valence-electron chi connectivity index (χ3n) is 2.70. The Bertz CT molecular complexity index is 444. The van der Waals surface area contributed by atoms with Crippen molar-refractivity contribution >= 4 is 5.97 Å². The quantitative estimate of drug-likeness (QED) is 0.766. The fourth-order valence-electron chi connectivity index (χ4n) is 1.74. The molecule has 0 N–H and O–H groups in total. The number of nitrogens with zero attached hydrogens (tertiary/aromatic N) is 2. The van der Waals surface area contributed by atoms with Gasteiger partial charge < -0.3 is 14.2 Å². The predicted octanol–water partition coefficient (Wildman–Crippen LogP) is 0.930. The molecule has 1 aromatic heterocycles. The van der Waals surface area contributed by atoms with Crippen molar-refractivity contribution in [3.8, 4) is 0 Å². The van der Waals surface area contributed by atoms with E-state index in [0.717, 1.165) is 10.9 Å². The molecule has 2 heterocycles. The van der Waals surface area contributed by atoms with Gasteiger partial charge in [-0.3, -0.25) is 4.68 Å². The van der Waals surface area contributed by atoms with Crippen molar-refractivity contribution in [1.29, 1.82) is 0 Å². The lowest BCUT2D eigenvalue weighted by molar-refractivity contribution is -0.107. The first-order chi connectivity index (χ1) is 9.09. The molecular weight excluding hydrogens is 262 g/mol. The topological polar surface area (TPSA) is 62.6 Å². The molecule has 0 amide bonds. The number of hydrogen-bond acceptors (Lipinski definition) is 5. The summed E-state index contributed by atoms with van der Waals surface area (Å²) in [6.45, 7) is 1.22. The molecule has 1 aliphatic rings. The molecule has 1 aromatic rings. The van der Waals surface area contributed by atoms with Crippen molar-refractivity contribution in [2.45, 2.75) is 12.5 Å². The zero-order valence-electron chi connectivity index (χ0n) is 10.3. The van der Waals surface area contributed by atoms with Crippen LogP contribution in [0, 0.1) is 0 Å². The van der Waals surface area contributed by atoms with E-state index in [1.165, 1.54) is 7.05 Å². The van der Waals surface area contributed by atoms with Gasteiger partial charge in [-0.1, -0.05) is 0 Å². The van der Waals surface area contributed by atoms with E-state index in [1.807, 2.05) is 0 Å². The molecule has 0 aliphatic carbocycles. The summed E-state index contributed by atoms with van der Waals surface area (Å²) in [5.41, 5.74) is -0.681. The molecule has 1 atom stereocenters. The van der Waals surface area contributed by atoms with Crippen molar-refractivity contribution < 1.29 is 27.8 Å². The second kappa shape index (κ2) is 6.07. The van der Waals surface area contributed by atoms with Crippen LogP contribution in [-0.4, -0.2) is 48.3 Å². The SMILES string of the molecule is Cn1ncc(C(=O)OCC2COCCO2)c1C(F)F. The van der Waals surface area contributed by atoms with Gasteiger partial charge >= 0.3 is 5.97 Å². The molecule has 0 radical (unpaired) electrons. The van der Waals surface area contributed by atoms with Crippen LogP contribution in [0.1, 0.15) is 22.5 Å². The molecule has 0 bridgehead atoms. The summed E-state index contributed by atoms with van der Waals surface area (Å²) in [5, 5.41) is 3.63. The van der Waals surface area contributed by atoms with Crippen LogP contribution in [0.25, 0.3) is 0 Å². The normalized spacial score (nSPS) is 19.7. The zero-order chi connectivity index (χ0) is 13.8. The van der Waals surface area contributed by atoms with Gasteiger partial charge in [0.15, 0.2) is 0 Å². The molecule has 1 unspecified atom stereocenters. The number of aromatic nitrogens is 2. The van der Waals surface area contributed by atoms with Crippen LogP contribution in [0.4, 0.5) is 8.78 Å². The van der Waals surface area contributed by atoms with E-state index in [1.54, 1.807) is 0 Å². The maximum atomic E-state index is 12.8. The van der Waals surface area contributed by atoms with Crippen molar-refractivity contribution in [3.05, 3.63) is 17.5 Å². The van der Waals surface area contributed by atoms with Crippen LogP contribution in [-0.2, 0) is 21.3 Å². The number of halogens is 2. The molecule has 0 spiro atoms. The number of hydrogen-bond donors (Lipinski definition) is 0. The van der Waals surface area contributed by atoms with Gasteiger partial charge in [-0.25, -0.2) is 13.6 Å². The molecule has 0 saturated carbocycles. The van der Waals surface area contributed by atoms with Crippen LogP contribution in [0.3, 0.4) is 0 Å². The van der Waals surface area contributed by atoms with Gasteiger partial charge in [0.2, 0.25) is 0 Å². The molecule has 19 heavy (non-hydrogen) atoms. The Kier molecular flexibility index (Phi) is 4.43. The first kappa shape index (κ1) is 13.9. The molecule has 1 fully saturated rings. The minimum absolute atomic E-state index is 0.0313. The van der Waals surface area contributed by atoms with Crippen LogP contribution in [0.2, 0.25) is 0 Å². The number of aryl methyl sites for hydroxylation is 1. The van der Waals surface area contributed by atoms with Gasteiger partial charge in [-0.15, -0.1) is 0 Å². The standard InChI is InChI=1S/C11H14F2N2O4/c1-15-9(10(12)13)8(4-14-15)11(16)19-6-7-5-17-2-3-18-7/h4,7,10H,2-3,5-6H2,1H3. The summed E-state index contributed by atoms with van der Waals surface area (Å²) >= 11 is 0. The van der Waals surface area contributed by atoms with Gasteiger partial charge in [-0.05, 0) is 0 Å². The van der Waals surface area contributed by atoms with Crippen LogP contribution in [0.5, 0.6) is 0 Å². The minimum Gasteiger partial charge on any atom is -0.459 e. The largest absolute Gasteiger partial charge is 0.459 e. The lowest BCUT2D eigenvalue weighted by atomic mass is 10.2. The lowest BCUT2D eigenvalue weighted by Crippen LogP contribution is -2.33. The molecular formula is C11H14F2N2O4. The highest BCUT2D eigenvalue weighted by Gasteiger charge is 2.25. The third kappa shape index (κ3) is 3.27. The Hall–Kier alpha value is -1.54. The van der Waals surface area contributed by atoms with Crippen LogP contribution < -0.4 is 0 Å². The summed E-state index contributed by atoms with van der Waals surface area (Å²) in [5.74, 6) is -0.836. The maximum Gasteiger partial charge on any atom is 0.341 e. The number of esters is 1. The average Bonchev–Trinajstić information content (AvgIpc) is 2.79. The van der Waals surface area contributed by atoms with E-state index in [2.05, 4.69) is 5.10 Å². The van der Waals surface area contributed by atoms with Gasteiger partial charge in [-0.2, -0.15) is 5.10 Å². The Morgan fingerprint density at radius 1 is 1.63 bits per heavy atom. The van der Waals surface area contributed by atoms with Crippen molar-refractivity contribution in [2.24, 2.45) is 7.05 Å². The fraction of sp³-hybridized carbons (Fsp3) is 0.636. The summed E-state index contributed by atoms with van der Waals surface area (Å²) in [6.07, 6.45) is -2.07. The molecule has 6 nitrogen and oxygen atoms in total. The highest BCUT2D eigenvalue weighted by molar-refractivity contribution is 5.90. The molecule has 1 aliphatic heterocycles. The van der Waals surface area contributed by atoms with Gasteiger partial charge in [0.25, 0.3) is 6.43 Å². The average molecular weight is 276 g/mol. The van der Waals surface area contributed by atoms with Gasteiger partial charge in [0.05, 0.1) is 26.0 Å². The van der Waals surface area contributed by atoms with Crippen LogP contribution in [0.15, 0.2) is 6.20 Å². The monoisotopic (exact) mass is 276 g/mol. The van der Waals surface area contributed by atoms with Gasteiger partial charge in [0.1, 0.15) is 24.0 Å². The molecule has 1 saturated heterocycles. The summed E-state index contributed by atoms with van der Waals surface area (Å²) < 4.78 is 41.8. The molecule has 8 heteroatoms. The first-order valence-corrected chi connectivity index (χ1v) is 5.76. The third-order valence-corrected chi connectivity index (χ3v) is 2.70. The van der Waals surface area contributed by atoms with E-state index in [0.29, 0.717) is 19.8 Å². The smallest absolute Gasteiger partial charge is 0.341 e. The van der Waals surface area contributed by atoms with Crippen LogP contribution >= 0.6 is 0 Å². The second-order valence-electron chi connectivity index (χ2n) is 4.03. The first-order valence-electron chi connectivity index (χ1n) is 5.76. The number of rotatable bonds is 4. The fourth-order valence-corrected chi connectivity index (χ4v) is 1.74. The maximum absolute atomic E-state index is 12.8. The van der Waals surface area contributed by atoms with Gasteiger partial charge in [0, 0.05) is 7.05 Å². The second-order valence-corrected chi connectivity index (χ2v) is 4.03. The Labute approximate surface area is 108 Å². The Morgan fingerprint density at radius 2 is 2.42 bits per heavy atom. The zero-order valence-corrected chi connectivity index (χ0v) is 10.3. The molecule has 106 valence electrons. The summed E-state index contributed by atoms with van der Waals surface area (Å²) in [4.78, 5) is 11.7. The van der Waals surface area contributed by atoms with Crippen molar-refractivity contribution in [3.63, 3.8) is 0 Å². The summed E-state index contributed by atoms with van der Waals surface area (Å²) in [6, 6.07) is 0. The predicted molar refractivity (Wildman–Crippen MR) is 59.0 cm³/mol. The van der Waals surface area contributed by atoms with E-state index in [9.17, 15) is 13.6 Å². The highest BCUT2D eigenvalue weighted by Crippen LogP contribution is 2.22. The number of carbonyl (C=O) groups excluding carboxylic acids is 1. The van der Waals surface area contributed by atoms with E-state index < -0.39 is 18.1 Å². The number of ether oxygens (including phenoxy) is 3. The van der Waals surface area contributed by atoms with E-state index >= 15 is 0 Å². The van der Waals surface area contributed by atoms with E-state index in [-0.39, 0.29) is 18.3 Å². The number of alkyl halides is 2. The molecule has 2 rings (SSSR count). The lowest BCUT2D eigenvalue weighted by Gasteiger charge is -2.22. The van der Waals surface area contributed by atoms with Crippen molar-refractivity contribution in [1.82, 2.24) is 9.78 Å². The van der Waals surface area contributed by atoms with Crippen molar-refractivity contribution in [2.75, 3.05) is 26.4 Å². The minimum atomic E-state index is -2.79. The summed E-state index contributed by atoms with van der Waals surface area (Å²) in [7, 11) is 1.34. The number of carbonyl (C=O) groups is 1. The van der Waals surface area contributed by atoms with E-state index in [4.69, 9.17) is 14.2 Å². The highest BCUT2D eigenvalue weighted by atomic mass is 19.3.